The zero-order chi connectivity index (χ0) is 26.5. The smallest absolute Gasteiger partial charge is 0.0353 e. The first-order chi connectivity index (χ1) is 19.8. The zero-order valence-corrected chi connectivity index (χ0v) is 21.9. The second kappa shape index (κ2) is 9.18. The second-order valence-corrected chi connectivity index (χ2v) is 10.4. The average Bonchev–Trinajstić information content (AvgIpc) is 3.03. The van der Waals surface area contributed by atoms with E-state index in [9.17, 15) is 0 Å². The van der Waals surface area contributed by atoms with Crippen molar-refractivity contribution < 1.29 is 0 Å². The normalized spacial score (nSPS) is 11.5. The molecular formula is C39H25N. The van der Waals surface area contributed by atoms with E-state index in [2.05, 4.69) is 145 Å². The molecule has 40 heavy (non-hydrogen) atoms. The zero-order valence-electron chi connectivity index (χ0n) is 21.9. The summed E-state index contributed by atoms with van der Waals surface area (Å²) in [5, 5.41) is 9.87. The van der Waals surface area contributed by atoms with E-state index in [1.165, 1.54) is 76.5 Å². The van der Waals surface area contributed by atoms with Gasteiger partial charge in [0.1, 0.15) is 0 Å². The molecule has 0 amide bonds. The van der Waals surface area contributed by atoms with Crippen LogP contribution in [-0.2, 0) is 0 Å². The summed E-state index contributed by atoms with van der Waals surface area (Å²) in [5.41, 5.74) is 7.34. The summed E-state index contributed by atoms with van der Waals surface area (Å²) < 4.78 is 0. The molecule has 186 valence electrons. The standard InChI is InChI=1S/C39H25N/c1-2-10-28(11-3-1)38-35-20-21-40-25-37(35)39(33-17-15-27-9-5-7-13-30(27)23-33)34-19-18-32(24-36(34)38)31-16-14-26-8-4-6-12-29(26)22-31/h1-25H. The molecule has 0 saturated carbocycles. The minimum atomic E-state index is 1.17. The Morgan fingerprint density at radius 3 is 1.62 bits per heavy atom. The third-order valence-electron chi connectivity index (χ3n) is 8.10. The van der Waals surface area contributed by atoms with Crippen molar-refractivity contribution in [2.75, 3.05) is 0 Å². The fourth-order valence-corrected chi connectivity index (χ4v) is 6.19. The van der Waals surface area contributed by atoms with E-state index in [4.69, 9.17) is 0 Å². The maximum absolute atomic E-state index is 4.60. The molecule has 0 unspecified atom stereocenters. The predicted octanol–water partition coefficient (Wildman–Crippen LogP) is 10.7. The van der Waals surface area contributed by atoms with E-state index in [1.54, 1.807) is 0 Å². The second-order valence-electron chi connectivity index (χ2n) is 10.4. The molecule has 1 heterocycles. The molecule has 1 heteroatoms. The van der Waals surface area contributed by atoms with Crippen molar-refractivity contribution in [1.82, 2.24) is 4.98 Å². The number of rotatable bonds is 3. The SMILES string of the molecule is c1ccc(-c2c3ccncc3c(-c3ccc4ccccc4c3)c3ccc(-c4ccc5ccccc5c4)cc23)cc1. The highest BCUT2D eigenvalue weighted by atomic mass is 14.6. The lowest BCUT2D eigenvalue weighted by Gasteiger charge is -2.19. The van der Waals surface area contributed by atoms with Crippen molar-refractivity contribution >= 4 is 43.1 Å². The Morgan fingerprint density at radius 1 is 0.325 bits per heavy atom. The highest BCUT2D eigenvalue weighted by Crippen LogP contribution is 2.45. The number of fused-ring (bicyclic) bond motifs is 4. The minimum Gasteiger partial charge on any atom is -0.264 e. The van der Waals surface area contributed by atoms with E-state index in [-0.39, 0.29) is 0 Å². The molecule has 0 bridgehead atoms. The van der Waals surface area contributed by atoms with Crippen LogP contribution in [0.2, 0.25) is 0 Å². The summed E-state index contributed by atoms with van der Waals surface area (Å²) in [6.07, 6.45) is 3.95. The molecule has 0 fully saturated rings. The Bertz CT molecular complexity index is 2210. The van der Waals surface area contributed by atoms with Gasteiger partial charge in [-0.3, -0.25) is 4.98 Å². The van der Waals surface area contributed by atoms with Gasteiger partial charge in [0.25, 0.3) is 0 Å². The van der Waals surface area contributed by atoms with Crippen LogP contribution in [0.25, 0.3) is 76.5 Å². The lowest BCUT2D eigenvalue weighted by Crippen LogP contribution is -1.92. The highest BCUT2D eigenvalue weighted by Gasteiger charge is 2.18. The van der Waals surface area contributed by atoms with Gasteiger partial charge < -0.3 is 0 Å². The lowest BCUT2D eigenvalue weighted by molar-refractivity contribution is 1.37. The number of nitrogens with zero attached hydrogens (tertiary/aromatic N) is 1. The first kappa shape index (κ1) is 22.7. The Morgan fingerprint density at radius 2 is 0.875 bits per heavy atom. The molecular weight excluding hydrogens is 482 g/mol. The van der Waals surface area contributed by atoms with E-state index < -0.39 is 0 Å². The molecule has 8 aromatic rings. The van der Waals surface area contributed by atoms with Crippen molar-refractivity contribution in [3.8, 4) is 33.4 Å². The molecule has 0 aliphatic heterocycles. The summed E-state index contributed by atoms with van der Waals surface area (Å²) in [4.78, 5) is 4.60. The van der Waals surface area contributed by atoms with Crippen molar-refractivity contribution in [3.63, 3.8) is 0 Å². The summed E-state index contributed by atoms with van der Waals surface area (Å²) >= 11 is 0. The molecule has 0 N–H and O–H groups in total. The summed E-state index contributed by atoms with van der Waals surface area (Å²) in [6.45, 7) is 0. The van der Waals surface area contributed by atoms with Crippen LogP contribution in [0.4, 0.5) is 0 Å². The van der Waals surface area contributed by atoms with Crippen LogP contribution >= 0.6 is 0 Å². The molecule has 0 aliphatic carbocycles. The van der Waals surface area contributed by atoms with Crippen molar-refractivity contribution in [2.45, 2.75) is 0 Å². The van der Waals surface area contributed by atoms with Crippen LogP contribution in [0, 0.1) is 0 Å². The van der Waals surface area contributed by atoms with Gasteiger partial charge in [-0.05, 0) is 95.3 Å². The third-order valence-corrected chi connectivity index (χ3v) is 8.10. The first-order valence-corrected chi connectivity index (χ1v) is 13.7. The topological polar surface area (TPSA) is 12.9 Å². The van der Waals surface area contributed by atoms with Crippen LogP contribution in [0.1, 0.15) is 0 Å². The molecule has 7 aromatic carbocycles. The average molecular weight is 508 g/mol. The molecule has 1 aromatic heterocycles. The highest BCUT2D eigenvalue weighted by molar-refractivity contribution is 6.22. The van der Waals surface area contributed by atoms with Gasteiger partial charge in [-0.25, -0.2) is 0 Å². The van der Waals surface area contributed by atoms with E-state index in [1.807, 2.05) is 12.4 Å². The number of pyridine rings is 1. The molecule has 0 aliphatic rings. The van der Waals surface area contributed by atoms with Crippen molar-refractivity contribution in [2.24, 2.45) is 0 Å². The van der Waals surface area contributed by atoms with Gasteiger partial charge in [-0.1, -0.05) is 115 Å². The van der Waals surface area contributed by atoms with Crippen LogP contribution in [-0.4, -0.2) is 4.98 Å². The Hall–Kier alpha value is -5.27. The van der Waals surface area contributed by atoms with E-state index in [0.717, 1.165) is 0 Å². The predicted molar refractivity (Wildman–Crippen MR) is 171 cm³/mol. The molecule has 8 rings (SSSR count). The maximum atomic E-state index is 4.60. The molecule has 0 saturated heterocycles. The van der Waals surface area contributed by atoms with Gasteiger partial charge >= 0.3 is 0 Å². The van der Waals surface area contributed by atoms with E-state index in [0.29, 0.717) is 0 Å². The fourth-order valence-electron chi connectivity index (χ4n) is 6.19. The van der Waals surface area contributed by atoms with Gasteiger partial charge in [-0.2, -0.15) is 0 Å². The van der Waals surface area contributed by atoms with Crippen molar-refractivity contribution in [3.05, 3.63) is 152 Å². The number of hydrogen-bond acceptors (Lipinski definition) is 1. The molecule has 0 radical (unpaired) electrons. The summed E-state index contributed by atoms with van der Waals surface area (Å²) in [6, 6.07) is 50.6. The van der Waals surface area contributed by atoms with E-state index >= 15 is 0 Å². The van der Waals surface area contributed by atoms with Crippen LogP contribution in [0.3, 0.4) is 0 Å². The summed E-state index contributed by atoms with van der Waals surface area (Å²) in [5.74, 6) is 0. The number of aromatic nitrogens is 1. The quantitative estimate of drug-likeness (QED) is 0.217. The lowest BCUT2D eigenvalue weighted by atomic mass is 9.85. The Kier molecular flexibility index (Phi) is 5.21. The third kappa shape index (κ3) is 3.67. The minimum absolute atomic E-state index is 1.17. The fraction of sp³-hybridized carbons (Fsp3) is 0. The van der Waals surface area contributed by atoms with Gasteiger partial charge in [0.05, 0.1) is 0 Å². The Balaban J connectivity index is 1.48. The number of benzene rings is 7. The van der Waals surface area contributed by atoms with Crippen LogP contribution in [0.5, 0.6) is 0 Å². The van der Waals surface area contributed by atoms with Crippen LogP contribution in [0.15, 0.2) is 152 Å². The largest absolute Gasteiger partial charge is 0.264 e. The monoisotopic (exact) mass is 507 g/mol. The first-order valence-electron chi connectivity index (χ1n) is 13.7. The van der Waals surface area contributed by atoms with Gasteiger partial charge in [0, 0.05) is 17.8 Å². The molecule has 0 atom stereocenters. The van der Waals surface area contributed by atoms with Gasteiger partial charge in [-0.15, -0.1) is 0 Å². The maximum Gasteiger partial charge on any atom is 0.0353 e. The van der Waals surface area contributed by atoms with Gasteiger partial charge in [0.2, 0.25) is 0 Å². The Labute approximate surface area is 233 Å². The molecule has 0 spiro atoms. The van der Waals surface area contributed by atoms with Crippen molar-refractivity contribution in [1.29, 1.82) is 0 Å². The molecule has 1 nitrogen and oxygen atoms in total. The summed E-state index contributed by atoms with van der Waals surface area (Å²) in [7, 11) is 0. The van der Waals surface area contributed by atoms with Gasteiger partial charge in [0.15, 0.2) is 0 Å². The number of hydrogen-bond donors (Lipinski definition) is 0. The van der Waals surface area contributed by atoms with Crippen LogP contribution < -0.4 is 0 Å².